The Bertz CT molecular complexity index is 351. The first-order valence-corrected chi connectivity index (χ1v) is 6.44. The molecule has 0 aliphatic carbocycles. The molecule has 1 atom stereocenters. The third kappa shape index (κ3) is 3.28. The highest BCUT2D eigenvalue weighted by Crippen LogP contribution is 2.15. The van der Waals surface area contributed by atoms with Gasteiger partial charge in [-0.05, 0) is 26.3 Å². The van der Waals surface area contributed by atoms with Gasteiger partial charge in [0.05, 0.1) is 6.26 Å². The molecule has 1 heterocycles. The van der Waals surface area contributed by atoms with Gasteiger partial charge in [-0.2, -0.15) is 11.8 Å². The number of nitrogens with zero attached hydrogens (tertiary/aromatic N) is 1. The van der Waals surface area contributed by atoms with Crippen molar-refractivity contribution < 1.29 is 14.3 Å². The Hall–Kier alpha value is -0.940. The Morgan fingerprint density at radius 1 is 1.69 bits per heavy atom. The monoisotopic (exact) mass is 243 g/mol. The van der Waals surface area contributed by atoms with Gasteiger partial charge in [-0.25, -0.2) is 4.79 Å². The predicted octanol–water partition coefficient (Wildman–Crippen LogP) is 2.16. The average molecular weight is 243 g/mol. The molecule has 0 amide bonds. The van der Waals surface area contributed by atoms with Crippen molar-refractivity contribution in [1.29, 1.82) is 0 Å². The molecule has 0 aliphatic rings. The number of carboxylic acid groups (broad SMARTS) is 1. The van der Waals surface area contributed by atoms with E-state index < -0.39 is 5.97 Å². The third-order valence-corrected chi connectivity index (χ3v) is 3.34. The second-order valence-corrected chi connectivity index (χ2v) is 4.71. The summed E-state index contributed by atoms with van der Waals surface area (Å²) in [4.78, 5) is 13.0. The van der Waals surface area contributed by atoms with Gasteiger partial charge in [-0.15, -0.1) is 0 Å². The van der Waals surface area contributed by atoms with E-state index in [4.69, 9.17) is 9.52 Å². The Morgan fingerprint density at radius 3 is 2.94 bits per heavy atom. The molecule has 0 radical (unpaired) electrons. The summed E-state index contributed by atoms with van der Waals surface area (Å²) in [5.41, 5.74) is 0.725. The molecule has 16 heavy (non-hydrogen) atoms. The van der Waals surface area contributed by atoms with Crippen molar-refractivity contribution in [2.75, 3.05) is 19.1 Å². The highest BCUT2D eigenvalue weighted by atomic mass is 32.2. The van der Waals surface area contributed by atoms with Crippen molar-refractivity contribution in [1.82, 2.24) is 4.90 Å². The summed E-state index contributed by atoms with van der Waals surface area (Å²) in [6.45, 7) is 2.72. The van der Waals surface area contributed by atoms with Crippen molar-refractivity contribution in [3.8, 4) is 0 Å². The minimum absolute atomic E-state index is 0.0446. The van der Waals surface area contributed by atoms with Crippen LogP contribution in [-0.4, -0.2) is 41.1 Å². The number of carboxylic acids is 1. The molecule has 0 saturated heterocycles. The lowest BCUT2D eigenvalue weighted by Crippen LogP contribution is -2.30. The topological polar surface area (TPSA) is 53.7 Å². The van der Waals surface area contributed by atoms with Crippen LogP contribution in [0.5, 0.6) is 0 Å². The molecule has 90 valence electrons. The summed E-state index contributed by atoms with van der Waals surface area (Å²) in [5, 5.41) is 8.89. The van der Waals surface area contributed by atoms with Crippen LogP contribution < -0.4 is 0 Å². The molecule has 5 heteroatoms. The average Bonchev–Trinajstić information content (AvgIpc) is 2.66. The number of furan rings is 1. The van der Waals surface area contributed by atoms with Crippen LogP contribution in [0.1, 0.15) is 23.0 Å². The van der Waals surface area contributed by atoms with Gasteiger partial charge in [0.25, 0.3) is 0 Å². The van der Waals surface area contributed by atoms with E-state index in [1.54, 1.807) is 17.8 Å². The summed E-state index contributed by atoms with van der Waals surface area (Å²) in [6.07, 6.45) is 3.48. The smallest absolute Gasteiger partial charge is 0.372 e. The fourth-order valence-corrected chi connectivity index (χ4v) is 2.18. The first-order chi connectivity index (χ1) is 7.56. The van der Waals surface area contributed by atoms with Crippen molar-refractivity contribution in [2.45, 2.75) is 19.5 Å². The molecule has 0 fully saturated rings. The molecular formula is C11H17NO3S. The van der Waals surface area contributed by atoms with Crippen LogP contribution in [-0.2, 0) is 6.54 Å². The van der Waals surface area contributed by atoms with Crippen molar-refractivity contribution in [3.63, 3.8) is 0 Å². The fourth-order valence-electron chi connectivity index (χ4n) is 1.44. The summed E-state index contributed by atoms with van der Waals surface area (Å²) in [5.74, 6) is 0.0608. The molecule has 0 spiro atoms. The van der Waals surface area contributed by atoms with Crippen LogP contribution in [0.25, 0.3) is 0 Å². The summed E-state index contributed by atoms with van der Waals surface area (Å²) >= 11 is 1.78. The zero-order chi connectivity index (χ0) is 12.1. The quantitative estimate of drug-likeness (QED) is 0.829. The standard InChI is InChI=1S/C11H17NO3S/c1-8(7-16-3)12(2)6-9-4-5-15-10(9)11(13)14/h4-5,8H,6-7H2,1-3H3,(H,13,14). The van der Waals surface area contributed by atoms with Gasteiger partial charge in [-0.3, -0.25) is 4.90 Å². The van der Waals surface area contributed by atoms with Crippen molar-refractivity contribution in [3.05, 3.63) is 23.7 Å². The SMILES string of the molecule is CSCC(C)N(C)Cc1ccoc1C(=O)O. The van der Waals surface area contributed by atoms with E-state index in [-0.39, 0.29) is 5.76 Å². The number of rotatable bonds is 6. The number of carbonyl (C=O) groups is 1. The van der Waals surface area contributed by atoms with E-state index >= 15 is 0 Å². The van der Waals surface area contributed by atoms with Gasteiger partial charge in [0.1, 0.15) is 0 Å². The van der Waals surface area contributed by atoms with E-state index in [9.17, 15) is 4.79 Å². The molecule has 0 saturated carbocycles. The molecule has 0 aromatic carbocycles. The lowest BCUT2D eigenvalue weighted by molar-refractivity contribution is 0.0659. The first-order valence-electron chi connectivity index (χ1n) is 5.05. The molecule has 0 aliphatic heterocycles. The highest BCUT2D eigenvalue weighted by Gasteiger charge is 2.17. The Balaban J connectivity index is 2.65. The normalized spacial score (nSPS) is 13.0. The van der Waals surface area contributed by atoms with E-state index in [1.807, 2.05) is 7.05 Å². The minimum atomic E-state index is -1.01. The van der Waals surface area contributed by atoms with Crippen LogP contribution in [0.15, 0.2) is 16.7 Å². The Labute approximate surface area is 99.6 Å². The van der Waals surface area contributed by atoms with Gasteiger partial charge < -0.3 is 9.52 Å². The van der Waals surface area contributed by atoms with E-state index in [0.29, 0.717) is 12.6 Å². The number of thioether (sulfide) groups is 1. The van der Waals surface area contributed by atoms with Crippen molar-refractivity contribution >= 4 is 17.7 Å². The maximum atomic E-state index is 10.8. The molecule has 1 rings (SSSR count). The maximum absolute atomic E-state index is 10.8. The van der Waals surface area contributed by atoms with E-state index in [2.05, 4.69) is 18.1 Å². The van der Waals surface area contributed by atoms with Crippen molar-refractivity contribution in [2.24, 2.45) is 0 Å². The van der Waals surface area contributed by atoms with E-state index in [1.165, 1.54) is 6.26 Å². The minimum Gasteiger partial charge on any atom is -0.475 e. The molecule has 1 unspecified atom stereocenters. The molecule has 1 aromatic heterocycles. The lowest BCUT2D eigenvalue weighted by Gasteiger charge is -2.23. The summed E-state index contributed by atoms with van der Waals surface area (Å²) in [6, 6.07) is 2.12. The first kappa shape index (κ1) is 13.1. The van der Waals surface area contributed by atoms with Gasteiger partial charge in [-0.1, -0.05) is 0 Å². The van der Waals surface area contributed by atoms with Crippen LogP contribution >= 0.6 is 11.8 Å². The lowest BCUT2D eigenvalue weighted by atomic mass is 10.2. The van der Waals surface area contributed by atoms with E-state index in [0.717, 1.165) is 11.3 Å². The maximum Gasteiger partial charge on any atom is 0.372 e. The molecule has 1 aromatic rings. The second kappa shape index (κ2) is 5.96. The number of hydrogen-bond acceptors (Lipinski definition) is 4. The largest absolute Gasteiger partial charge is 0.475 e. The fraction of sp³-hybridized carbons (Fsp3) is 0.545. The summed E-state index contributed by atoms with van der Waals surface area (Å²) in [7, 11) is 1.99. The number of hydrogen-bond donors (Lipinski definition) is 1. The molecular weight excluding hydrogens is 226 g/mol. The highest BCUT2D eigenvalue weighted by molar-refractivity contribution is 7.98. The van der Waals surface area contributed by atoms with Crippen LogP contribution in [0.4, 0.5) is 0 Å². The molecule has 0 bridgehead atoms. The number of aromatic carboxylic acids is 1. The van der Waals surface area contributed by atoms with Gasteiger partial charge in [0.15, 0.2) is 0 Å². The van der Waals surface area contributed by atoms with Gasteiger partial charge in [0.2, 0.25) is 5.76 Å². The third-order valence-electron chi connectivity index (χ3n) is 2.52. The molecule has 1 N–H and O–H groups in total. The Kier molecular flexibility index (Phi) is 4.89. The zero-order valence-electron chi connectivity index (χ0n) is 9.77. The Morgan fingerprint density at radius 2 is 2.38 bits per heavy atom. The van der Waals surface area contributed by atoms with Gasteiger partial charge in [0, 0.05) is 23.9 Å². The second-order valence-electron chi connectivity index (χ2n) is 3.80. The van der Waals surface area contributed by atoms with Crippen LogP contribution in [0.3, 0.4) is 0 Å². The predicted molar refractivity (Wildman–Crippen MR) is 65.0 cm³/mol. The molecule has 4 nitrogen and oxygen atoms in total. The summed E-state index contributed by atoms with van der Waals surface area (Å²) < 4.78 is 4.94. The van der Waals surface area contributed by atoms with Crippen LogP contribution in [0.2, 0.25) is 0 Å². The van der Waals surface area contributed by atoms with Gasteiger partial charge >= 0.3 is 5.97 Å². The zero-order valence-corrected chi connectivity index (χ0v) is 10.6. The van der Waals surface area contributed by atoms with Crippen LogP contribution in [0, 0.1) is 0 Å².